The van der Waals surface area contributed by atoms with Crippen molar-refractivity contribution in [3.63, 3.8) is 0 Å². The summed E-state index contributed by atoms with van der Waals surface area (Å²) in [5, 5.41) is 5.03. The van der Waals surface area contributed by atoms with Gasteiger partial charge in [-0.2, -0.15) is 0 Å². The van der Waals surface area contributed by atoms with E-state index in [0.29, 0.717) is 5.13 Å². The second-order valence-electron chi connectivity index (χ2n) is 6.56. The third-order valence-corrected chi connectivity index (χ3v) is 4.29. The van der Waals surface area contributed by atoms with E-state index in [2.05, 4.69) is 10.3 Å². The predicted octanol–water partition coefficient (Wildman–Crippen LogP) is 2.96. The molecule has 1 aromatic carbocycles. The fourth-order valence-electron chi connectivity index (χ4n) is 2.30. The lowest BCUT2D eigenvalue weighted by molar-refractivity contribution is -0.138. The maximum Gasteiger partial charge on any atom is 0.245 e. The van der Waals surface area contributed by atoms with E-state index in [9.17, 15) is 9.59 Å². The number of hydrogen-bond acceptors (Lipinski definition) is 5. The van der Waals surface area contributed by atoms with Gasteiger partial charge < -0.3 is 15.0 Å². The molecule has 0 bridgehead atoms. The molecule has 0 radical (unpaired) electrons. The highest BCUT2D eigenvalue weighted by atomic mass is 32.1. The third-order valence-electron chi connectivity index (χ3n) is 3.61. The number of benzene rings is 1. The van der Waals surface area contributed by atoms with Crippen molar-refractivity contribution in [2.45, 2.75) is 32.7 Å². The van der Waals surface area contributed by atoms with Crippen LogP contribution in [0.4, 0.5) is 5.13 Å². The lowest BCUT2D eigenvalue weighted by Crippen LogP contribution is -2.49. The van der Waals surface area contributed by atoms with Crippen molar-refractivity contribution in [1.82, 2.24) is 9.88 Å². The van der Waals surface area contributed by atoms with Crippen LogP contribution in [0.5, 0.6) is 5.75 Å². The van der Waals surface area contributed by atoms with E-state index in [1.807, 2.05) is 45.0 Å². The summed E-state index contributed by atoms with van der Waals surface area (Å²) in [6.07, 6.45) is 1.85. The Morgan fingerprint density at radius 1 is 1.24 bits per heavy atom. The van der Waals surface area contributed by atoms with Gasteiger partial charge in [-0.05, 0) is 38.5 Å². The summed E-state index contributed by atoms with van der Waals surface area (Å²) in [7, 11) is 1.60. The molecule has 2 aromatic rings. The van der Waals surface area contributed by atoms with Gasteiger partial charge in [0.1, 0.15) is 12.3 Å². The van der Waals surface area contributed by atoms with E-state index >= 15 is 0 Å². The highest BCUT2D eigenvalue weighted by Crippen LogP contribution is 2.18. The van der Waals surface area contributed by atoms with Gasteiger partial charge in [0.25, 0.3) is 0 Å². The summed E-state index contributed by atoms with van der Waals surface area (Å²) in [6.45, 7) is 5.72. The third kappa shape index (κ3) is 5.56. The Bertz CT molecular complexity index is 706. The topological polar surface area (TPSA) is 71.5 Å². The smallest absolute Gasteiger partial charge is 0.245 e. The molecule has 0 saturated heterocycles. The van der Waals surface area contributed by atoms with Crippen molar-refractivity contribution >= 4 is 28.3 Å². The number of carbonyl (C=O) groups is 2. The molecule has 0 aliphatic rings. The molecule has 0 fully saturated rings. The molecule has 1 aromatic heterocycles. The first-order valence-corrected chi connectivity index (χ1v) is 8.80. The van der Waals surface area contributed by atoms with Crippen LogP contribution >= 0.6 is 11.3 Å². The predicted molar refractivity (Wildman–Crippen MR) is 98.9 cm³/mol. The first kappa shape index (κ1) is 18.9. The first-order chi connectivity index (χ1) is 11.8. The minimum Gasteiger partial charge on any atom is -0.497 e. The Kier molecular flexibility index (Phi) is 6.14. The Labute approximate surface area is 151 Å². The monoisotopic (exact) mass is 361 g/mol. The van der Waals surface area contributed by atoms with Crippen molar-refractivity contribution in [2.75, 3.05) is 19.0 Å². The number of aromatic nitrogens is 1. The van der Waals surface area contributed by atoms with Gasteiger partial charge >= 0.3 is 0 Å². The number of methoxy groups -OCH3 is 1. The van der Waals surface area contributed by atoms with E-state index in [0.717, 1.165) is 11.3 Å². The maximum absolute atomic E-state index is 12.8. The fraction of sp³-hybridized carbons (Fsp3) is 0.389. The molecular weight excluding hydrogens is 338 g/mol. The van der Waals surface area contributed by atoms with Crippen LogP contribution in [0.15, 0.2) is 35.8 Å². The average Bonchev–Trinajstić information content (AvgIpc) is 3.05. The van der Waals surface area contributed by atoms with Crippen LogP contribution in [0, 0.1) is 0 Å². The summed E-state index contributed by atoms with van der Waals surface area (Å²) in [5.41, 5.74) is 0.407. The molecule has 1 N–H and O–H groups in total. The SMILES string of the molecule is COc1ccc(CC(=O)N(CC(=O)Nc2nccs2)C(C)(C)C)cc1. The van der Waals surface area contributed by atoms with Crippen molar-refractivity contribution < 1.29 is 14.3 Å². The molecule has 25 heavy (non-hydrogen) atoms. The number of carbonyl (C=O) groups excluding carboxylic acids is 2. The highest BCUT2D eigenvalue weighted by molar-refractivity contribution is 7.13. The number of amides is 2. The van der Waals surface area contributed by atoms with Crippen LogP contribution in [0.3, 0.4) is 0 Å². The van der Waals surface area contributed by atoms with Crippen molar-refractivity contribution in [3.8, 4) is 5.75 Å². The van der Waals surface area contributed by atoms with Gasteiger partial charge in [-0.1, -0.05) is 12.1 Å². The zero-order valence-corrected chi connectivity index (χ0v) is 15.7. The van der Waals surface area contributed by atoms with E-state index in [1.165, 1.54) is 11.3 Å². The molecule has 0 saturated carbocycles. The lowest BCUT2D eigenvalue weighted by atomic mass is 10.0. The number of hydrogen-bond donors (Lipinski definition) is 1. The molecular formula is C18H23N3O3S. The van der Waals surface area contributed by atoms with Gasteiger partial charge in [-0.3, -0.25) is 9.59 Å². The van der Waals surface area contributed by atoms with E-state index in [4.69, 9.17) is 4.74 Å². The first-order valence-electron chi connectivity index (χ1n) is 7.92. The number of rotatable bonds is 6. The van der Waals surface area contributed by atoms with Crippen LogP contribution in [0.2, 0.25) is 0 Å². The van der Waals surface area contributed by atoms with Crippen LogP contribution < -0.4 is 10.1 Å². The van der Waals surface area contributed by atoms with Gasteiger partial charge in [0.05, 0.1) is 13.5 Å². The van der Waals surface area contributed by atoms with Gasteiger partial charge in [0.15, 0.2) is 5.13 Å². The van der Waals surface area contributed by atoms with Crippen molar-refractivity contribution in [1.29, 1.82) is 0 Å². The molecule has 0 spiro atoms. The maximum atomic E-state index is 12.8. The van der Waals surface area contributed by atoms with Crippen molar-refractivity contribution in [2.24, 2.45) is 0 Å². The van der Waals surface area contributed by atoms with Gasteiger partial charge in [-0.25, -0.2) is 4.98 Å². The summed E-state index contributed by atoms with van der Waals surface area (Å²) in [6, 6.07) is 7.35. The molecule has 0 unspecified atom stereocenters. The highest BCUT2D eigenvalue weighted by Gasteiger charge is 2.28. The number of ether oxygens (including phenoxy) is 1. The van der Waals surface area contributed by atoms with Gasteiger partial charge in [0, 0.05) is 17.1 Å². The number of anilines is 1. The van der Waals surface area contributed by atoms with E-state index in [-0.39, 0.29) is 24.8 Å². The zero-order chi connectivity index (χ0) is 18.4. The summed E-state index contributed by atoms with van der Waals surface area (Å²) < 4.78 is 5.13. The minimum absolute atomic E-state index is 0.0158. The summed E-state index contributed by atoms with van der Waals surface area (Å²) in [5.74, 6) is 0.381. The quantitative estimate of drug-likeness (QED) is 0.859. The van der Waals surface area contributed by atoms with E-state index in [1.54, 1.807) is 23.6 Å². The minimum atomic E-state index is -0.468. The molecule has 6 nitrogen and oxygen atoms in total. The summed E-state index contributed by atoms with van der Waals surface area (Å²) in [4.78, 5) is 30.6. The average molecular weight is 361 g/mol. The molecule has 134 valence electrons. The molecule has 0 aliphatic heterocycles. The standard InChI is InChI=1S/C18H23N3O3S/c1-18(2,3)21(12-15(22)20-17-19-9-10-25-17)16(23)11-13-5-7-14(24-4)8-6-13/h5-10H,11-12H2,1-4H3,(H,19,20,22). The molecule has 2 amide bonds. The normalized spacial score (nSPS) is 11.0. The van der Waals surface area contributed by atoms with Crippen molar-refractivity contribution in [3.05, 3.63) is 41.4 Å². The molecule has 1 heterocycles. The van der Waals surface area contributed by atoms with Gasteiger partial charge in [-0.15, -0.1) is 11.3 Å². The number of thiazole rings is 1. The Morgan fingerprint density at radius 3 is 2.44 bits per heavy atom. The molecule has 7 heteroatoms. The molecule has 0 aliphatic carbocycles. The van der Waals surface area contributed by atoms with E-state index < -0.39 is 5.54 Å². The second-order valence-corrected chi connectivity index (χ2v) is 7.46. The zero-order valence-electron chi connectivity index (χ0n) is 14.9. The fourth-order valence-corrected chi connectivity index (χ4v) is 2.85. The van der Waals surface area contributed by atoms with Crippen LogP contribution in [0.25, 0.3) is 0 Å². The van der Waals surface area contributed by atoms with Gasteiger partial charge in [0.2, 0.25) is 11.8 Å². The molecule has 2 rings (SSSR count). The van der Waals surface area contributed by atoms with Crippen LogP contribution in [-0.4, -0.2) is 40.9 Å². The second kappa shape index (κ2) is 8.11. The van der Waals surface area contributed by atoms with Crippen LogP contribution in [0.1, 0.15) is 26.3 Å². The number of nitrogens with zero attached hydrogens (tertiary/aromatic N) is 2. The Balaban J connectivity index is 2.05. The Morgan fingerprint density at radius 2 is 1.92 bits per heavy atom. The molecule has 0 atom stereocenters. The Hall–Kier alpha value is -2.41. The number of nitrogens with one attached hydrogen (secondary N) is 1. The summed E-state index contributed by atoms with van der Waals surface area (Å²) >= 11 is 1.34. The largest absolute Gasteiger partial charge is 0.497 e. The van der Waals surface area contributed by atoms with Crippen LogP contribution in [-0.2, 0) is 16.0 Å². The lowest BCUT2D eigenvalue weighted by Gasteiger charge is -2.35.